The van der Waals surface area contributed by atoms with Gasteiger partial charge in [-0.3, -0.25) is 14.6 Å². The van der Waals surface area contributed by atoms with Gasteiger partial charge < -0.3 is 9.64 Å². The van der Waals surface area contributed by atoms with Gasteiger partial charge in [0, 0.05) is 51.1 Å². The van der Waals surface area contributed by atoms with Gasteiger partial charge in [0.1, 0.15) is 0 Å². The van der Waals surface area contributed by atoms with Crippen molar-refractivity contribution in [3.8, 4) is 0 Å². The van der Waals surface area contributed by atoms with Crippen molar-refractivity contribution in [2.75, 3.05) is 31.2 Å². The second-order valence-electron chi connectivity index (χ2n) is 6.92. The van der Waals surface area contributed by atoms with E-state index in [9.17, 15) is 9.00 Å². The van der Waals surface area contributed by atoms with E-state index in [0.29, 0.717) is 49.6 Å². The predicted octanol–water partition coefficient (Wildman–Crippen LogP) is 2.29. The number of morpholine rings is 1. The van der Waals surface area contributed by atoms with E-state index in [1.165, 1.54) is 0 Å². The van der Waals surface area contributed by atoms with E-state index in [1.807, 2.05) is 29.2 Å². The van der Waals surface area contributed by atoms with Crippen molar-refractivity contribution >= 4 is 26.4 Å². The molecule has 0 saturated carbocycles. The molecule has 132 valence electrons. The molecule has 2 fully saturated rings. The van der Waals surface area contributed by atoms with E-state index in [4.69, 9.17) is 9.52 Å². The van der Waals surface area contributed by atoms with Gasteiger partial charge in [-0.2, -0.15) is 0 Å². The third-order valence-corrected chi connectivity index (χ3v) is 6.93. The first kappa shape index (κ1) is 16.5. The van der Waals surface area contributed by atoms with Gasteiger partial charge in [-0.25, -0.2) is 4.21 Å². The van der Waals surface area contributed by atoms with Gasteiger partial charge >= 0.3 is 0 Å². The number of pyridine rings is 1. The first-order valence-electron chi connectivity index (χ1n) is 8.48. The summed E-state index contributed by atoms with van der Waals surface area (Å²) in [5, 5.41) is 2.01. The van der Waals surface area contributed by atoms with Crippen LogP contribution in [0.25, 0.3) is 10.8 Å². The van der Waals surface area contributed by atoms with Gasteiger partial charge in [0.2, 0.25) is 0 Å². The Kier molecular flexibility index (Phi) is 4.00. The Balaban J connectivity index is 1.55. The Bertz CT molecular complexity index is 912. The van der Waals surface area contributed by atoms with Gasteiger partial charge in [-0.15, -0.1) is 0 Å². The molecule has 25 heavy (non-hydrogen) atoms. The van der Waals surface area contributed by atoms with Gasteiger partial charge in [0.25, 0.3) is 5.91 Å². The third kappa shape index (κ3) is 3.26. The summed E-state index contributed by atoms with van der Waals surface area (Å²) < 4.78 is 25.7. The lowest BCUT2D eigenvalue weighted by atomic mass is 9.94. The van der Waals surface area contributed by atoms with Crippen LogP contribution < -0.4 is 0 Å². The maximum Gasteiger partial charge on any atom is 0.254 e. The first-order chi connectivity index (χ1) is 12.0. The molecule has 0 atom stereocenters. The summed E-state index contributed by atoms with van der Waals surface area (Å²) in [6.45, 7) is 1.55. The van der Waals surface area contributed by atoms with Gasteiger partial charge in [-0.1, -0.05) is 6.07 Å². The normalized spacial score (nSPS) is 29.8. The minimum Gasteiger partial charge on any atom is -0.371 e. The number of carbonyl (C=O) groups excluding carboxylic acids is 1. The minimum absolute atomic E-state index is 0.00870. The zero-order valence-electron chi connectivity index (χ0n) is 13.9. The molecule has 4 rings (SSSR count). The summed E-state index contributed by atoms with van der Waals surface area (Å²) >= 11 is 0. The Morgan fingerprint density at radius 2 is 2.04 bits per heavy atom. The monoisotopic (exact) mass is 359 g/mol. The number of benzene rings is 1. The van der Waals surface area contributed by atoms with Crippen molar-refractivity contribution in [3.05, 3.63) is 42.2 Å². The largest absolute Gasteiger partial charge is 0.371 e. The number of carbonyl (C=O) groups is 1. The van der Waals surface area contributed by atoms with Crippen molar-refractivity contribution in [2.24, 2.45) is 0 Å². The fraction of sp³-hybridized carbons (Fsp3) is 0.444. The Morgan fingerprint density at radius 3 is 2.84 bits per heavy atom. The smallest absolute Gasteiger partial charge is 0.254 e. The van der Waals surface area contributed by atoms with Crippen LogP contribution in [0.4, 0.5) is 0 Å². The fourth-order valence-electron chi connectivity index (χ4n) is 3.65. The highest BCUT2D eigenvalue weighted by molar-refractivity contribution is 7.92. The Morgan fingerprint density at radius 1 is 1.24 bits per heavy atom. The molecule has 2 aliphatic heterocycles. The average Bonchev–Trinajstić information content (AvgIpc) is 2.64. The highest BCUT2D eigenvalue weighted by atomic mass is 32.2. The first-order valence-corrected chi connectivity index (χ1v) is 10.4. The highest BCUT2D eigenvalue weighted by Crippen LogP contribution is 2.32. The maximum atomic E-state index is 13.0. The average molecular weight is 359 g/mol. The van der Waals surface area contributed by atoms with Crippen molar-refractivity contribution in [1.29, 1.82) is 4.78 Å². The highest BCUT2D eigenvalue weighted by Gasteiger charge is 2.42. The zero-order chi connectivity index (χ0) is 17.5. The van der Waals surface area contributed by atoms with Crippen LogP contribution in [-0.4, -0.2) is 56.8 Å². The molecule has 0 radical (unpaired) electrons. The molecule has 2 aromatic rings. The molecule has 1 aromatic heterocycles. The number of fused-ring (bicyclic) bond motifs is 1. The molecule has 2 saturated heterocycles. The summed E-state index contributed by atoms with van der Waals surface area (Å²) in [4.78, 5) is 18.9. The van der Waals surface area contributed by atoms with Crippen LogP contribution in [0.2, 0.25) is 0 Å². The summed E-state index contributed by atoms with van der Waals surface area (Å²) in [5.74, 6) is 0.707. The molecule has 3 heterocycles. The van der Waals surface area contributed by atoms with Crippen molar-refractivity contribution in [3.63, 3.8) is 0 Å². The molecule has 0 aliphatic carbocycles. The summed E-state index contributed by atoms with van der Waals surface area (Å²) in [6, 6.07) is 7.60. The number of rotatable bonds is 1. The number of nitrogens with one attached hydrogen (secondary N) is 1. The van der Waals surface area contributed by atoms with E-state index in [1.54, 1.807) is 12.4 Å². The number of nitrogens with zero attached hydrogens (tertiary/aromatic N) is 2. The van der Waals surface area contributed by atoms with Crippen LogP contribution in [0.1, 0.15) is 23.2 Å². The van der Waals surface area contributed by atoms with Crippen LogP contribution in [0, 0.1) is 4.78 Å². The molecule has 1 aromatic carbocycles. The van der Waals surface area contributed by atoms with Crippen LogP contribution in [0.15, 0.2) is 36.7 Å². The molecule has 1 N–H and O–H groups in total. The van der Waals surface area contributed by atoms with Gasteiger partial charge in [0.15, 0.2) is 0 Å². The maximum absolute atomic E-state index is 13.0. The van der Waals surface area contributed by atoms with Crippen LogP contribution >= 0.6 is 0 Å². The Hall–Kier alpha value is -1.99. The lowest BCUT2D eigenvalue weighted by molar-refractivity contribution is -0.104. The number of hydrogen-bond acceptors (Lipinski definition) is 5. The molecule has 0 bridgehead atoms. The predicted molar refractivity (Wildman–Crippen MR) is 96.2 cm³/mol. The van der Waals surface area contributed by atoms with Crippen LogP contribution in [0.5, 0.6) is 0 Å². The lowest BCUT2D eigenvalue weighted by Crippen LogP contribution is -2.56. The SMILES string of the molecule is N=S1(=O)CCC2(CC1)CN(C(=O)c1ccc3ccncc3c1)CCO2. The molecule has 7 heteroatoms. The summed E-state index contributed by atoms with van der Waals surface area (Å²) in [5.41, 5.74) is 0.214. The minimum atomic E-state index is -2.46. The number of aromatic nitrogens is 1. The molecule has 1 spiro atoms. The fourth-order valence-corrected chi connectivity index (χ4v) is 5.26. The van der Waals surface area contributed by atoms with Crippen molar-refractivity contribution in [2.45, 2.75) is 18.4 Å². The second-order valence-corrected chi connectivity index (χ2v) is 9.36. The molecule has 2 aliphatic rings. The lowest BCUT2D eigenvalue weighted by Gasteiger charge is -2.45. The van der Waals surface area contributed by atoms with Crippen molar-refractivity contribution in [1.82, 2.24) is 9.88 Å². The quantitative estimate of drug-likeness (QED) is 0.847. The van der Waals surface area contributed by atoms with Crippen molar-refractivity contribution < 1.29 is 13.7 Å². The molecule has 0 unspecified atom stereocenters. The zero-order valence-corrected chi connectivity index (χ0v) is 14.8. The second kappa shape index (κ2) is 6.07. The van der Waals surface area contributed by atoms with Crippen LogP contribution in [0.3, 0.4) is 0 Å². The van der Waals surface area contributed by atoms with E-state index in [2.05, 4.69) is 4.98 Å². The van der Waals surface area contributed by atoms with E-state index in [0.717, 1.165) is 10.8 Å². The molecular weight excluding hydrogens is 338 g/mol. The van der Waals surface area contributed by atoms with Crippen LogP contribution in [-0.2, 0) is 14.5 Å². The summed E-state index contributed by atoms with van der Waals surface area (Å²) in [6.07, 6.45) is 4.67. The number of ether oxygens (including phenoxy) is 1. The van der Waals surface area contributed by atoms with E-state index >= 15 is 0 Å². The topological polar surface area (TPSA) is 83.4 Å². The standard InChI is InChI=1S/C18H21N3O3S/c19-25(23)9-4-18(5-10-25)13-21(7-8-24-18)17(22)15-2-1-14-3-6-20-12-16(14)11-15/h1-3,6,11-12,19H,4-5,7-10,13H2. The van der Waals surface area contributed by atoms with E-state index in [-0.39, 0.29) is 5.91 Å². The Labute approximate surface area is 147 Å². The third-order valence-electron chi connectivity index (χ3n) is 5.20. The summed E-state index contributed by atoms with van der Waals surface area (Å²) in [7, 11) is -2.46. The van der Waals surface area contributed by atoms with Gasteiger partial charge in [-0.05, 0) is 36.4 Å². The number of amides is 1. The molecule has 6 nitrogen and oxygen atoms in total. The number of hydrogen-bond donors (Lipinski definition) is 1. The van der Waals surface area contributed by atoms with E-state index < -0.39 is 15.3 Å². The molecule has 1 amide bonds. The van der Waals surface area contributed by atoms with Gasteiger partial charge in [0.05, 0.1) is 18.8 Å². The molecular formula is C18H21N3O3S.